The van der Waals surface area contributed by atoms with Crippen LogP contribution in [0.15, 0.2) is 12.1 Å². The molecule has 100 valence electrons. The van der Waals surface area contributed by atoms with E-state index in [0.717, 1.165) is 37.9 Å². The van der Waals surface area contributed by atoms with Gasteiger partial charge >= 0.3 is 0 Å². The number of benzene rings is 1. The van der Waals surface area contributed by atoms with Crippen LogP contribution < -0.4 is 14.8 Å². The Hall–Kier alpha value is -1.29. The molecule has 3 nitrogen and oxygen atoms in total. The predicted octanol–water partition coefficient (Wildman–Crippen LogP) is 2.39. The monoisotopic (exact) mass is 253 g/mol. The van der Waals surface area contributed by atoms with E-state index in [1.165, 1.54) is 13.2 Å². The molecule has 1 saturated heterocycles. The molecule has 0 aliphatic carbocycles. The molecule has 1 aliphatic heterocycles. The smallest absolute Gasteiger partial charge is 0.165 e. The fourth-order valence-electron chi connectivity index (χ4n) is 2.56. The van der Waals surface area contributed by atoms with Crippen LogP contribution in [-0.4, -0.2) is 27.3 Å². The Morgan fingerprint density at radius 3 is 2.56 bits per heavy atom. The number of piperidine rings is 1. The first-order valence-electron chi connectivity index (χ1n) is 6.36. The van der Waals surface area contributed by atoms with Crippen LogP contribution in [0, 0.1) is 11.7 Å². The summed E-state index contributed by atoms with van der Waals surface area (Å²) in [7, 11) is 3.11. The van der Waals surface area contributed by atoms with Crippen molar-refractivity contribution in [1.82, 2.24) is 5.32 Å². The van der Waals surface area contributed by atoms with Gasteiger partial charge in [-0.25, -0.2) is 4.39 Å². The lowest BCUT2D eigenvalue weighted by molar-refractivity contribution is 0.338. The largest absolute Gasteiger partial charge is 0.496 e. The van der Waals surface area contributed by atoms with Crippen LogP contribution in [0.25, 0.3) is 0 Å². The van der Waals surface area contributed by atoms with E-state index in [2.05, 4.69) is 5.32 Å². The van der Waals surface area contributed by atoms with E-state index in [1.54, 1.807) is 13.2 Å². The zero-order valence-electron chi connectivity index (χ0n) is 11.0. The molecule has 0 atom stereocenters. The van der Waals surface area contributed by atoms with E-state index in [0.29, 0.717) is 17.4 Å². The second-order valence-corrected chi connectivity index (χ2v) is 4.66. The molecule has 0 unspecified atom stereocenters. The quantitative estimate of drug-likeness (QED) is 0.893. The maximum Gasteiger partial charge on any atom is 0.165 e. The number of halogens is 1. The molecule has 0 spiro atoms. The Labute approximate surface area is 107 Å². The van der Waals surface area contributed by atoms with Crippen molar-refractivity contribution in [2.75, 3.05) is 27.3 Å². The van der Waals surface area contributed by atoms with Gasteiger partial charge in [0, 0.05) is 5.56 Å². The van der Waals surface area contributed by atoms with Crippen molar-refractivity contribution < 1.29 is 13.9 Å². The Kier molecular flexibility index (Phi) is 4.42. The van der Waals surface area contributed by atoms with Crippen LogP contribution in [0.3, 0.4) is 0 Å². The molecule has 0 aromatic heterocycles. The molecule has 2 rings (SSSR count). The molecule has 1 fully saturated rings. The topological polar surface area (TPSA) is 30.5 Å². The molecule has 1 aliphatic rings. The van der Waals surface area contributed by atoms with Gasteiger partial charge in [-0.15, -0.1) is 0 Å². The first-order chi connectivity index (χ1) is 8.76. The third kappa shape index (κ3) is 2.75. The van der Waals surface area contributed by atoms with E-state index in [4.69, 9.17) is 9.47 Å². The lowest BCUT2D eigenvalue weighted by atomic mass is 9.90. The van der Waals surface area contributed by atoms with Crippen LogP contribution in [-0.2, 0) is 6.42 Å². The summed E-state index contributed by atoms with van der Waals surface area (Å²) in [6.45, 7) is 2.06. The van der Waals surface area contributed by atoms with Crippen molar-refractivity contribution in [1.29, 1.82) is 0 Å². The van der Waals surface area contributed by atoms with Crippen molar-refractivity contribution in [3.05, 3.63) is 23.5 Å². The maximum atomic E-state index is 13.7. The Morgan fingerprint density at radius 1 is 1.22 bits per heavy atom. The van der Waals surface area contributed by atoms with Crippen molar-refractivity contribution in [3.63, 3.8) is 0 Å². The Balaban J connectivity index is 2.25. The van der Waals surface area contributed by atoms with Crippen molar-refractivity contribution in [2.24, 2.45) is 5.92 Å². The van der Waals surface area contributed by atoms with Gasteiger partial charge in [-0.05, 0) is 50.4 Å². The Bertz CT molecular complexity index is 403. The van der Waals surface area contributed by atoms with E-state index in [-0.39, 0.29) is 5.82 Å². The molecule has 1 aromatic rings. The molecule has 1 N–H and O–H groups in total. The highest BCUT2D eigenvalue weighted by Crippen LogP contribution is 2.34. The summed E-state index contributed by atoms with van der Waals surface area (Å²) in [5.41, 5.74) is 0.854. The van der Waals surface area contributed by atoms with Gasteiger partial charge in [-0.1, -0.05) is 0 Å². The minimum absolute atomic E-state index is 0.317. The number of hydrogen-bond acceptors (Lipinski definition) is 3. The highest BCUT2D eigenvalue weighted by atomic mass is 19.1. The fourth-order valence-corrected chi connectivity index (χ4v) is 2.56. The summed E-state index contributed by atoms with van der Waals surface area (Å²) in [5.74, 6) is 1.29. The van der Waals surface area contributed by atoms with Crippen LogP contribution in [0.1, 0.15) is 18.4 Å². The average molecular weight is 253 g/mol. The second kappa shape index (κ2) is 6.05. The van der Waals surface area contributed by atoms with Crippen LogP contribution in [0.4, 0.5) is 4.39 Å². The van der Waals surface area contributed by atoms with Crippen LogP contribution in [0.5, 0.6) is 11.5 Å². The van der Waals surface area contributed by atoms with Crippen molar-refractivity contribution in [2.45, 2.75) is 19.3 Å². The summed E-state index contributed by atoms with van der Waals surface area (Å²) < 4.78 is 24.2. The van der Waals surface area contributed by atoms with Gasteiger partial charge in [0.25, 0.3) is 0 Å². The molecule has 1 aromatic carbocycles. The number of ether oxygens (including phenoxy) is 2. The van der Waals surface area contributed by atoms with E-state index < -0.39 is 0 Å². The summed E-state index contributed by atoms with van der Waals surface area (Å²) in [5, 5.41) is 3.33. The number of hydrogen-bond donors (Lipinski definition) is 1. The summed E-state index contributed by atoms with van der Waals surface area (Å²) >= 11 is 0. The lowest BCUT2D eigenvalue weighted by Crippen LogP contribution is -2.28. The van der Waals surface area contributed by atoms with E-state index in [9.17, 15) is 4.39 Å². The zero-order chi connectivity index (χ0) is 13.0. The zero-order valence-corrected chi connectivity index (χ0v) is 11.0. The number of nitrogens with one attached hydrogen (secondary N) is 1. The van der Waals surface area contributed by atoms with Gasteiger partial charge in [-0.2, -0.15) is 0 Å². The van der Waals surface area contributed by atoms with Gasteiger partial charge in [0.1, 0.15) is 5.75 Å². The summed E-state index contributed by atoms with van der Waals surface area (Å²) in [4.78, 5) is 0. The Morgan fingerprint density at radius 2 is 1.94 bits per heavy atom. The highest BCUT2D eigenvalue weighted by Gasteiger charge is 2.20. The third-order valence-corrected chi connectivity index (χ3v) is 3.55. The number of methoxy groups -OCH3 is 2. The van der Waals surface area contributed by atoms with E-state index >= 15 is 0 Å². The molecule has 0 radical (unpaired) electrons. The number of rotatable bonds is 4. The summed E-state index contributed by atoms with van der Waals surface area (Å²) in [6.07, 6.45) is 3.04. The van der Waals surface area contributed by atoms with Gasteiger partial charge in [-0.3, -0.25) is 0 Å². The molecule has 18 heavy (non-hydrogen) atoms. The highest BCUT2D eigenvalue weighted by molar-refractivity contribution is 5.46. The minimum atomic E-state index is -0.317. The molecule has 0 bridgehead atoms. The molecule has 1 heterocycles. The SMILES string of the molecule is COc1ccc(F)c(OC)c1CC1CCNCC1. The predicted molar refractivity (Wildman–Crippen MR) is 68.8 cm³/mol. The van der Waals surface area contributed by atoms with Crippen molar-refractivity contribution in [3.8, 4) is 11.5 Å². The molecule has 0 saturated carbocycles. The normalized spacial score (nSPS) is 16.6. The molecular weight excluding hydrogens is 233 g/mol. The van der Waals surface area contributed by atoms with Gasteiger partial charge < -0.3 is 14.8 Å². The lowest BCUT2D eigenvalue weighted by Gasteiger charge is -2.24. The van der Waals surface area contributed by atoms with Gasteiger partial charge in [0.05, 0.1) is 14.2 Å². The van der Waals surface area contributed by atoms with Crippen molar-refractivity contribution >= 4 is 0 Å². The van der Waals surface area contributed by atoms with E-state index in [1.807, 2.05) is 0 Å². The maximum absolute atomic E-state index is 13.7. The molecular formula is C14H20FNO2. The average Bonchev–Trinajstić information content (AvgIpc) is 2.40. The van der Waals surface area contributed by atoms with Crippen LogP contribution >= 0.6 is 0 Å². The minimum Gasteiger partial charge on any atom is -0.496 e. The first kappa shape index (κ1) is 13.1. The first-order valence-corrected chi connectivity index (χ1v) is 6.36. The van der Waals surface area contributed by atoms with Crippen LogP contribution in [0.2, 0.25) is 0 Å². The second-order valence-electron chi connectivity index (χ2n) is 4.66. The fraction of sp³-hybridized carbons (Fsp3) is 0.571. The van der Waals surface area contributed by atoms with Gasteiger partial charge in [0.2, 0.25) is 0 Å². The molecule has 0 amide bonds. The summed E-state index contributed by atoms with van der Waals surface area (Å²) in [6, 6.07) is 3.07. The molecule has 4 heteroatoms. The van der Waals surface area contributed by atoms with Gasteiger partial charge in [0.15, 0.2) is 11.6 Å². The third-order valence-electron chi connectivity index (χ3n) is 3.55. The standard InChI is InChI=1S/C14H20FNO2/c1-17-13-4-3-12(15)14(18-2)11(13)9-10-5-7-16-8-6-10/h3-4,10,16H,5-9H2,1-2H3.